The van der Waals surface area contributed by atoms with Crippen LogP contribution in [0, 0.1) is 11.6 Å². The Kier molecular flexibility index (Phi) is 2.37. The van der Waals surface area contributed by atoms with Crippen molar-refractivity contribution >= 4 is 0 Å². The maximum atomic E-state index is 13.4. The molecule has 2 aromatic carbocycles. The highest BCUT2D eigenvalue weighted by Gasteiger charge is 2.09. The molecule has 0 bridgehead atoms. The Morgan fingerprint density at radius 3 is 2.13 bits per heavy atom. The van der Waals surface area contributed by atoms with Gasteiger partial charge in [-0.05, 0) is 18.2 Å². The minimum atomic E-state index is -0.639. The molecule has 15 heavy (non-hydrogen) atoms. The Morgan fingerprint density at radius 1 is 0.800 bits per heavy atom. The smallest absolute Gasteiger partial charge is 0.134 e. The summed E-state index contributed by atoms with van der Waals surface area (Å²) in [6, 6.07) is 9.56. The number of rotatable bonds is 1. The summed E-state index contributed by atoms with van der Waals surface area (Å²) in [4.78, 5) is 0. The van der Waals surface area contributed by atoms with Crippen LogP contribution >= 0.6 is 0 Å². The molecule has 2 rings (SSSR count). The van der Waals surface area contributed by atoms with E-state index in [0.717, 1.165) is 6.07 Å². The summed E-state index contributed by atoms with van der Waals surface area (Å²) >= 11 is 0. The fourth-order valence-corrected chi connectivity index (χ4v) is 1.40. The second-order valence-electron chi connectivity index (χ2n) is 3.14. The molecule has 0 unspecified atom stereocenters. The third-order valence-electron chi connectivity index (χ3n) is 2.12. The average Bonchev–Trinajstić information content (AvgIpc) is 2.20. The van der Waals surface area contributed by atoms with Gasteiger partial charge in [-0.2, -0.15) is 0 Å². The Balaban J connectivity index is 2.60. The second kappa shape index (κ2) is 3.69. The van der Waals surface area contributed by atoms with Gasteiger partial charge in [-0.25, -0.2) is 8.78 Å². The summed E-state index contributed by atoms with van der Waals surface area (Å²) in [5, 5.41) is 9.02. The van der Waals surface area contributed by atoms with Crippen molar-refractivity contribution in [3.05, 3.63) is 54.1 Å². The molecule has 3 heteroatoms. The minimum Gasteiger partial charge on any atom is -0.508 e. The van der Waals surface area contributed by atoms with Gasteiger partial charge in [-0.3, -0.25) is 0 Å². The van der Waals surface area contributed by atoms with Crippen molar-refractivity contribution in [2.75, 3.05) is 0 Å². The highest BCUT2D eigenvalue weighted by molar-refractivity contribution is 5.65. The van der Waals surface area contributed by atoms with Crippen LogP contribution in [0.4, 0.5) is 8.78 Å². The van der Waals surface area contributed by atoms with Crippen LogP contribution in [-0.2, 0) is 0 Å². The molecule has 0 aromatic heterocycles. The first-order valence-corrected chi connectivity index (χ1v) is 4.42. The van der Waals surface area contributed by atoms with Crippen LogP contribution in [-0.4, -0.2) is 5.11 Å². The second-order valence-corrected chi connectivity index (χ2v) is 3.14. The van der Waals surface area contributed by atoms with Crippen molar-refractivity contribution in [2.45, 2.75) is 0 Å². The number of phenols is 1. The van der Waals surface area contributed by atoms with E-state index in [1.165, 1.54) is 30.3 Å². The zero-order chi connectivity index (χ0) is 10.8. The fraction of sp³-hybridized carbons (Fsp3) is 0. The van der Waals surface area contributed by atoms with E-state index in [4.69, 9.17) is 5.11 Å². The van der Waals surface area contributed by atoms with Crippen LogP contribution in [0.5, 0.6) is 5.75 Å². The molecule has 0 saturated carbocycles. The summed E-state index contributed by atoms with van der Waals surface area (Å²) in [6.45, 7) is 0. The van der Waals surface area contributed by atoms with Gasteiger partial charge >= 0.3 is 0 Å². The Bertz CT molecular complexity index is 495. The summed E-state index contributed by atoms with van der Waals surface area (Å²) in [6.07, 6.45) is 0. The normalized spacial score (nSPS) is 10.3. The van der Waals surface area contributed by atoms with Crippen LogP contribution in [0.3, 0.4) is 0 Å². The highest BCUT2D eigenvalue weighted by Crippen LogP contribution is 2.27. The molecule has 1 N–H and O–H groups in total. The van der Waals surface area contributed by atoms with E-state index in [1.807, 2.05) is 0 Å². The molecular formula is C12H8F2O. The van der Waals surface area contributed by atoms with Crippen molar-refractivity contribution in [3.8, 4) is 16.9 Å². The van der Waals surface area contributed by atoms with Crippen molar-refractivity contribution in [3.63, 3.8) is 0 Å². The van der Waals surface area contributed by atoms with E-state index in [0.29, 0.717) is 0 Å². The molecule has 2 aromatic rings. The largest absolute Gasteiger partial charge is 0.508 e. The van der Waals surface area contributed by atoms with E-state index in [-0.39, 0.29) is 16.9 Å². The Morgan fingerprint density at radius 2 is 1.47 bits per heavy atom. The molecule has 0 radical (unpaired) electrons. The minimum absolute atomic E-state index is 0.144. The molecular weight excluding hydrogens is 198 g/mol. The molecule has 76 valence electrons. The van der Waals surface area contributed by atoms with Crippen LogP contribution in [0.1, 0.15) is 0 Å². The third kappa shape index (κ3) is 1.81. The standard InChI is InChI=1S/C12H8F2O/c13-11-4-2-1-3-9(11)10-6-5-8(15)7-12(10)14/h1-7,15H. The maximum absolute atomic E-state index is 13.4. The lowest BCUT2D eigenvalue weighted by Gasteiger charge is -2.04. The Hall–Kier alpha value is -1.90. The quantitative estimate of drug-likeness (QED) is 0.758. The first-order valence-electron chi connectivity index (χ1n) is 4.42. The van der Waals surface area contributed by atoms with Crippen LogP contribution in [0.2, 0.25) is 0 Å². The van der Waals surface area contributed by atoms with Gasteiger partial charge in [0.15, 0.2) is 0 Å². The average molecular weight is 206 g/mol. The first-order chi connectivity index (χ1) is 7.18. The highest BCUT2D eigenvalue weighted by atomic mass is 19.1. The predicted octanol–water partition coefficient (Wildman–Crippen LogP) is 3.34. The zero-order valence-corrected chi connectivity index (χ0v) is 7.74. The number of benzene rings is 2. The molecule has 0 aliphatic rings. The fourth-order valence-electron chi connectivity index (χ4n) is 1.40. The van der Waals surface area contributed by atoms with Gasteiger partial charge in [-0.15, -0.1) is 0 Å². The lowest BCUT2D eigenvalue weighted by molar-refractivity contribution is 0.469. The summed E-state index contributed by atoms with van der Waals surface area (Å²) in [5.74, 6) is -1.30. The monoisotopic (exact) mass is 206 g/mol. The molecule has 1 nitrogen and oxygen atoms in total. The molecule has 0 fully saturated rings. The summed E-state index contributed by atoms with van der Waals surface area (Å²) in [7, 11) is 0. The number of halogens is 2. The lowest BCUT2D eigenvalue weighted by Crippen LogP contribution is -1.87. The van der Waals surface area contributed by atoms with Gasteiger partial charge in [0.2, 0.25) is 0 Å². The maximum Gasteiger partial charge on any atom is 0.134 e. The van der Waals surface area contributed by atoms with E-state index in [9.17, 15) is 8.78 Å². The van der Waals surface area contributed by atoms with Crippen molar-refractivity contribution in [1.82, 2.24) is 0 Å². The SMILES string of the molecule is Oc1ccc(-c2ccccc2F)c(F)c1. The van der Waals surface area contributed by atoms with Crippen molar-refractivity contribution in [2.24, 2.45) is 0 Å². The van der Waals surface area contributed by atoms with Crippen molar-refractivity contribution in [1.29, 1.82) is 0 Å². The van der Waals surface area contributed by atoms with E-state index < -0.39 is 11.6 Å². The third-order valence-corrected chi connectivity index (χ3v) is 2.12. The number of hydrogen-bond donors (Lipinski definition) is 1. The number of hydrogen-bond acceptors (Lipinski definition) is 1. The molecule has 0 spiro atoms. The van der Waals surface area contributed by atoms with E-state index in [1.54, 1.807) is 6.07 Å². The molecule has 0 aliphatic carbocycles. The molecule has 0 amide bonds. The molecule has 0 heterocycles. The van der Waals surface area contributed by atoms with Gasteiger partial charge in [0, 0.05) is 17.2 Å². The molecule has 0 saturated heterocycles. The van der Waals surface area contributed by atoms with Gasteiger partial charge < -0.3 is 5.11 Å². The Labute approximate surface area is 85.6 Å². The van der Waals surface area contributed by atoms with Crippen LogP contribution < -0.4 is 0 Å². The van der Waals surface area contributed by atoms with Gasteiger partial charge in [0.05, 0.1) is 0 Å². The van der Waals surface area contributed by atoms with Gasteiger partial charge in [0.1, 0.15) is 17.4 Å². The molecule has 0 atom stereocenters. The first kappa shape index (κ1) is 9.65. The number of phenolic OH excluding ortho intramolecular Hbond substituents is 1. The van der Waals surface area contributed by atoms with Crippen LogP contribution in [0.15, 0.2) is 42.5 Å². The van der Waals surface area contributed by atoms with Crippen molar-refractivity contribution < 1.29 is 13.9 Å². The van der Waals surface area contributed by atoms with Gasteiger partial charge in [-0.1, -0.05) is 18.2 Å². The van der Waals surface area contributed by atoms with Crippen LogP contribution in [0.25, 0.3) is 11.1 Å². The zero-order valence-electron chi connectivity index (χ0n) is 7.74. The number of aromatic hydroxyl groups is 1. The lowest BCUT2D eigenvalue weighted by atomic mass is 10.0. The van der Waals surface area contributed by atoms with E-state index >= 15 is 0 Å². The summed E-state index contributed by atoms with van der Waals surface area (Å²) in [5.41, 5.74) is 0.334. The van der Waals surface area contributed by atoms with Gasteiger partial charge in [0.25, 0.3) is 0 Å². The summed E-state index contributed by atoms with van der Waals surface area (Å²) < 4.78 is 26.7. The van der Waals surface area contributed by atoms with E-state index in [2.05, 4.69) is 0 Å². The predicted molar refractivity (Wildman–Crippen MR) is 53.5 cm³/mol. The topological polar surface area (TPSA) is 20.2 Å². The molecule has 0 aliphatic heterocycles.